The topological polar surface area (TPSA) is 30.8 Å². The summed E-state index contributed by atoms with van der Waals surface area (Å²) in [5, 5.41) is 3.45. The minimum absolute atomic E-state index is 0.727. The zero-order chi connectivity index (χ0) is 23.8. The van der Waals surface area contributed by atoms with Gasteiger partial charge in [0.2, 0.25) is 0 Å². The van der Waals surface area contributed by atoms with E-state index in [9.17, 15) is 0 Å². The maximum atomic E-state index is 6.44. The molecule has 0 heterocycles. The second kappa shape index (κ2) is 11.2. The summed E-state index contributed by atoms with van der Waals surface area (Å²) in [6.45, 7) is 0. The Morgan fingerprint density at radius 2 is 0.686 bits per heavy atom. The van der Waals surface area contributed by atoms with E-state index in [4.69, 9.17) is 13.6 Å². The van der Waals surface area contributed by atoms with E-state index < -0.39 is 15.6 Å². The lowest BCUT2D eigenvalue weighted by Gasteiger charge is -2.28. The van der Waals surface area contributed by atoms with Gasteiger partial charge in [0.05, 0.1) is 7.05 Å². The van der Waals surface area contributed by atoms with Crippen molar-refractivity contribution in [2.75, 3.05) is 0 Å². The number of hydrogen-bond donors (Lipinski definition) is 0. The van der Waals surface area contributed by atoms with E-state index in [1.54, 1.807) is 0 Å². The monoisotopic (exact) mass is 493 g/mol. The predicted molar refractivity (Wildman–Crippen MR) is 149 cm³/mol. The minimum Gasteiger partial charge on any atom is -0.422 e. The predicted octanol–water partition coefficient (Wildman–Crippen LogP) is 7.55. The van der Waals surface area contributed by atoms with Crippen LogP contribution in [-0.2, 0) is 0 Å². The van der Waals surface area contributed by atoms with Crippen molar-refractivity contribution in [2.24, 2.45) is 4.52 Å². The highest BCUT2D eigenvalue weighted by Crippen LogP contribution is 2.56. The lowest BCUT2D eigenvalue weighted by atomic mass is 10.3. The van der Waals surface area contributed by atoms with Crippen molar-refractivity contribution in [2.45, 2.75) is 0 Å². The lowest BCUT2D eigenvalue weighted by Crippen LogP contribution is -2.25. The average Bonchev–Trinajstić information content (AvgIpc) is 2.94. The molecule has 0 radical (unpaired) electrons. The van der Waals surface area contributed by atoms with Crippen LogP contribution in [0.2, 0.25) is 0 Å². The molecule has 172 valence electrons. The summed E-state index contributed by atoms with van der Waals surface area (Å²) in [7, 11) is -4.18. The van der Waals surface area contributed by atoms with Gasteiger partial charge in [-0.15, -0.1) is 0 Å². The Morgan fingerprint density at radius 1 is 0.400 bits per heavy atom. The third kappa shape index (κ3) is 5.38. The molecule has 5 rings (SSSR count). The van der Waals surface area contributed by atoms with Gasteiger partial charge in [0.1, 0.15) is 11.5 Å². The number of rotatable bonds is 8. The zero-order valence-electron chi connectivity index (χ0n) is 19.1. The molecule has 0 unspecified atom stereocenters. The quantitative estimate of drug-likeness (QED) is 0.209. The van der Waals surface area contributed by atoms with Gasteiger partial charge in [0, 0.05) is 15.9 Å². The lowest BCUT2D eigenvalue weighted by molar-refractivity contribution is 0.492. The molecule has 0 spiro atoms. The van der Waals surface area contributed by atoms with E-state index in [1.807, 2.05) is 78.9 Å². The van der Waals surface area contributed by atoms with Crippen molar-refractivity contribution < 1.29 is 9.05 Å². The van der Waals surface area contributed by atoms with Gasteiger partial charge < -0.3 is 9.05 Å². The van der Waals surface area contributed by atoms with E-state index in [0.717, 1.165) is 27.4 Å². The third-order valence-corrected chi connectivity index (χ3v) is 11.0. The number of nitrogens with zero attached hydrogens (tertiary/aromatic N) is 1. The standard InChI is InChI=1S/C30H25NO2P2/c1-6-16-26(17-7-1)32-34(33-27-18-8-2-9-19-27)31-35(28-20-10-3-11-21-28,29-22-12-4-13-23-29)30-24-14-5-15-25-30/h1-25H. The molecule has 0 amide bonds. The van der Waals surface area contributed by atoms with Gasteiger partial charge in [-0.2, -0.15) is 4.52 Å². The molecule has 0 aliphatic heterocycles. The molecule has 0 saturated carbocycles. The number of benzene rings is 5. The molecule has 0 saturated heterocycles. The second-order valence-electron chi connectivity index (χ2n) is 7.78. The Hall–Kier alpha value is -3.64. The number of para-hydroxylation sites is 2. The molecule has 5 heteroatoms. The summed E-state index contributed by atoms with van der Waals surface area (Å²) >= 11 is 0. The van der Waals surface area contributed by atoms with Gasteiger partial charge in [-0.3, -0.25) is 0 Å². The summed E-state index contributed by atoms with van der Waals surface area (Å²) in [5.74, 6) is 1.45. The molecule has 0 aliphatic carbocycles. The highest BCUT2D eigenvalue weighted by molar-refractivity contribution is 7.90. The fourth-order valence-corrected chi connectivity index (χ4v) is 9.60. The minimum atomic E-state index is -2.48. The van der Waals surface area contributed by atoms with Crippen molar-refractivity contribution >= 4 is 31.5 Å². The SMILES string of the molecule is c1ccc(OP(N=P(c2ccccc2)(c2ccccc2)c2ccccc2)Oc2ccccc2)cc1. The smallest absolute Gasteiger partial charge is 0.422 e. The summed E-state index contributed by atoms with van der Waals surface area (Å²) in [4.78, 5) is 0. The van der Waals surface area contributed by atoms with Crippen LogP contribution >= 0.6 is 15.6 Å². The van der Waals surface area contributed by atoms with Crippen molar-refractivity contribution in [3.8, 4) is 11.5 Å². The maximum Gasteiger partial charge on any atom is 0.437 e. The summed E-state index contributed by atoms with van der Waals surface area (Å²) in [6.07, 6.45) is 0. The van der Waals surface area contributed by atoms with Crippen molar-refractivity contribution in [3.63, 3.8) is 0 Å². The molecular weight excluding hydrogens is 468 g/mol. The van der Waals surface area contributed by atoms with Crippen LogP contribution in [0.5, 0.6) is 11.5 Å². The summed E-state index contributed by atoms with van der Waals surface area (Å²) in [6, 6.07) is 51.1. The first kappa shape index (κ1) is 23.1. The van der Waals surface area contributed by atoms with Crippen LogP contribution in [0.15, 0.2) is 156 Å². The summed E-state index contributed by atoms with van der Waals surface area (Å²) < 4.78 is 18.4. The highest BCUT2D eigenvalue weighted by atomic mass is 31.2. The van der Waals surface area contributed by atoms with E-state index in [-0.39, 0.29) is 0 Å². The Labute approximate surface area is 208 Å². The van der Waals surface area contributed by atoms with Gasteiger partial charge in [0.25, 0.3) is 0 Å². The van der Waals surface area contributed by atoms with Gasteiger partial charge >= 0.3 is 8.53 Å². The van der Waals surface area contributed by atoms with Crippen LogP contribution in [0.4, 0.5) is 0 Å². The maximum absolute atomic E-state index is 6.44. The Balaban J connectivity index is 1.76. The van der Waals surface area contributed by atoms with Crippen molar-refractivity contribution in [3.05, 3.63) is 152 Å². The van der Waals surface area contributed by atoms with Crippen LogP contribution in [0.25, 0.3) is 0 Å². The van der Waals surface area contributed by atoms with Gasteiger partial charge in [-0.05, 0) is 24.3 Å². The van der Waals surface area contributed by atoms with Gasteiger partial charge in [-0.1, -0.05) is 127 Å². The first-order valence-electron chi connectivity index (χ1n) is 11.4. The van der Waals surface area contributed by atoms with Crippen molar-refractivity contribution in [1.29, 1.82) is 0 Å². The molecule has 0 fully saturated rings. The Bertz CT molecular complexity index is 1240. The first-order valence-corrected chi connectivity index (χ1v) is 14.3. The number of hydrogen-bond acceptors (Lipinski definition) is 3. The zero-order valence-corrected chi connectivity index (χ0v) is 20.9. The first-order chi connectivity index (χ1) is 17.3. The molecule has 0 aliphatic rings. The fraction of sp³-hybridized carbons (Fsp3) is 0. The van der Waals surface area contributed by atoms with E-state index in [2.05, 4.69) is 72.8 Å². The van der Waals surface area contributed by atoms with Crippen LogP contribution in [0.3, 0.4) is 0 Å². The molecular formula is C30H25NO2P2. The molecule has 5 aromatic carbocycles. The molecule has 3 nitrogen and oxygen atoms in total. The fourth-order valence-electron chi connectivity index (χ4n) is 3.84. The van der Waals surface area contributed by atoms with Crippen LogP contribution < -0.4 is 25.0 Å². The second-order valence-corrected chi connectivity index (χ2v) is 12.2. The third-order valence-electron chi connectivity index (χ3n) is 5.45. The highest BCUT2D eigenvalue weighted by Gasteiger charge is 2.31. The molecule has 0 N–H and O–H groups in total. The molecule has 0 atom stereocenters. The molecule has 0 bridgehead atoms. The summed E-state index contributed by atoms with van der Waals surface area (Å²) in [5.41, 5.74) is 0. The Morgan fingerprint density at radius 3 is 1.00 bits per heavy atom. The van der Waals surface area contributed by atoms with E-state index >= 15 is 0 Å². The molecule has 35 heavy (non-hydrogen) atoms. The Kier molecular flexibility index (Phi) is 7.39. The van der Waals surface area contributed by atoms with Gasteiger partial charge in [-0.25, -0.2) is 0 Å². The molecule has 5 aromatic rings. The van der Waals surface area contributed by atoms with Crippen molar-refractivity contribution in [1.82, 2.24) is 0 Å². The molecule has 0 aromatic heterocycles. The van der Waals surface area contributed by atoms with Crippen LogP contribution in [0.1, 0.15) is 0 Å². The largest absolute Gasteiger partial charge is 0.437 e. The van der Waals surface area contributed by atoms with Gasteiger partial charge in [0.15, 0.2) is 0 Å². The average molecular weight is 493 g/mol. The normalized spacial score (nSPS) is 11.1. The van der Waals surface area contributed by atoms with E-state index in [0.29, 0.717) is 0 Å². The van der Waals surface area contributed by atoms with Crippen LogP contribution in [0, 0.1) is 0 Å². The van der Waals surface area contributed by atoms with Crippen LogP contribution in [-0.4, -0.2) is 0 Å². The van der Waals surface area contributed by atoms with E-state index in [1.165, 1.54) is 0 Å².